The first-order valence-corrected chi connectivity index (χ1v) is 35.9. The predicted octanol–water partition coefficient (Wildman–Crippen LogP) is 18.1. The molecule has 2 amide bonds. The van der Waals surface area contributed by atoms with E-state index >= 15 is 0 Å². The SMILES string of the molecule is I.I.Nc1cccc([P+](c2ccccc2)(c2ccccc2)c2ccccc2)c1.O=C1OC(=O)c2cc(Oc3ccc(-c4ccccc4)cc3)ccc21.O=C1c2ccc(Oc3ccc(-c4ccccc4)cc3)cc2C(=O)N1c1cccc([P+](c2ccccc2)(c2ccccc2)c2ccccc2)c1. The first-order chi connectivity index (χ1) is 48.6. The molecule has 492 valence electrons. The summed E-state index contributed by atoms with van der Waals surface area (Å²) in [5.74, 6) is 0.284. The Hall–Kier alpha value is -10.9. The van der Waals surface area contributed by atoms with E-state index in [-0.39, 0.29) is 70.9 Å². The summed E-state index contributed by atoms with van der Waals surface area (Å²) in [6.07, 6.45) is 0. The highest BCUT2D eigenvalue weighted by molar-refractivity contribution is 14.0. The zero-order valence-electron chi connectivity index (χ0n) is 54.4. The molecule has 0 aromatic heterocycles. The number of amides is 2. The molecule has 13 heteroatoms. The van der Waals surface area contributed by atoms with Crippen LogP contribution in [0.4, 0.5) is 11.4 Å². The van der Waals surface area contributed by atoms with Crippen LogP contribution in [0.1, 0.15) is 41.4 Å². The summed E-state index contributed by atoms with van der Waals surface area (Å²) < 4.78 is 16.5. The van der Waals surface area contributed by atoms with Crippen molar-refractivity contribution >= 4 is 140 Å². The number of nitrogens with two attached hydrogens (primary N) is 1. The Morgan fingerprint density at radius 1 is 0.257 bits per heavy atom. The minimum absolute atomic E-state index is 0. The van der Waals surface area contributed by atoms with E-state index in [1.54, 1.807) is 24.3 Å². The van der Waals surface area contributed by atoms with E-state index in [0.29, 0.717) is 39.8 Å². The average molecular weight is 1580 g/mol. The van der Waals surface area contributed by atoms with Crippen molar-refractivity contribution in [2.75, 3.05) is 10.6 Å². The smallest absolute Gasteiger partial charge is 0.347 e. The molecule has 14 aromatic carbocycles. The normalized spacial score (nSPS) is 12.0. The Kier molecular flexibility index (Phi) is 22.1. The maximum absolute atomic E-state index is 14.0. The molecule has 14 aromatic rings. The third kappa shape index (κ3) is 14.6. The number of halogens is 2. The van der Waals surface area contributed by atoms with Gasteiger partial charge in [-0.25, -0.2) is 14.5 Å². The van der Waals surface area contributed by atoms with Crippen LogP contribution in [0.25, 0.3) is 22.3 Å². The summed E-state index contributed by atoms with van der Waals surface area (Å²) in [5.41, 5.74) is 13.2. The van der Waals surface area contributed by atoms with Crippen LogP contribution >= 0.6 is 62.5 Å². The number of hydrogen-bond acceptors (Lipinski definition) is 8. The number of nitrogens with zero attached hydrogens (tertiary/aromatic N) is 1. The molecule has 0 spiro atoms. The van der Waals surface area contributed by atoms with E-state index in [0.717, 1.165) is 33.2 Å². The van der Waals surface area contributed by atoms with Gasteiger partial charge in [-0.05, 0) is 180 Å². The van der Waals surface area contributed by atoms with Gasteiger partial charge in [0.2, 0.25) is 0 Å². The summed E-state index contributed by atoms with van der Waals surface area (Å²) in [7, 11) is -4.44. The van der Waals surface area contributed by atoms with Crippen LogP contribution in [0.5, 0.6) is 23.0 Å². The highest BCUT2D eigenvalue weighted by atomic mass is 127. The molecule has 0 aliphatic carbocycles. The Morgan fingerprint density at radius 2 is 0.554 bits per heavy atom. The van der Waals surface area contributed by atoms with Crippen molar-refractivity contribution in [3.05, 3.63) is 398 Å². The van der Waals surface area contributed by atoms with Crippen molar-refractivity contribution in [1.82, 2.24) is 0 Å². The fraction of sp³-hybridized carbons (Fsp3) is 0. The number of anilines is 2. The van der Waals surface area contributed by atoms with E-state index in [1.807, 2.05) is 140 Å². The summed E-state index contributed by atoms with van der Waals surface area (Å²) in [6, 6.07) is 126. The summed E-state index contributed by atoms with van der Waals surface area (Å²) in [6.45, 7) is 0. The highest BCUT2D eigenvalue weighted by Crippen LogP contribution is 2.56. The van der Waals surface area contributed by atoms with Crippen molar-refractivity contribution in [2.24, 2.45) is 0 Å². The molecular weight excluding hydrogens is 1510 g/mol. The number of fused-ring (bicyclic) bond motifs is 2. The van der Waals surface area contributed by atoms with E-state index < -0.39 is 26.5 Å². The van der Waals surface area contributed by atoms with Gasteiger partial charge in [0.25, 0.3) is 11.8 Å². The Bertz CT molecular complexity index is 4990. The fourth-order valence-corrected chi connectivity index (χ4v) is 21.5. The van der Waals surface area contributed by atoms with E-state index in [1.165, 1.54) is 54.2 Å². The minimum atomic E-state index is -2.43. The van der Waals surface area contributed by atoms with Crippen LogP contribution < -0.4 is 62.5 Å². The molecular formula is C88H66I2N2O7P2+2. The van der Waals surface area contributed by atoms with E-state index in [2.05, 4.69) is 205 Å². The Balaban J connectivity index is 0.000000156. The van der Waals surface area contributed by atoms with Gasteiger partial charge in [-0.15, -0.1) is 48.0 Å². The number of hydrogen-bond donors (Lipinski definition) is 1. The second-order valence-electron chi connectivity index (χ2n) is 23.5. The van der Waals surface area contributed by atoms with Crippen molar-refractivity contribution < 1.29 is 33.4 Å². The standard InChI is InChI=1S/C44H31NO3P.C24H21NP.C20H12O4.2HI/c46-43-41-29-28-36(48-35-26-24-33(25-27-35)32-14-5-1-6-15-32)31-42(41)44(47)45(43)34-16-13-23-40(30-34)49(37-17-7-2-8-18-37,38-19-9-3-10-20-38)39-21-11-4-12-22-39;25-20-11-10-18-24(19-20)26(21-12-4-1-5-13-21,22-14-6-2-7-15-22)23-16-8-3-9-17-23;21-19-17-11-10-16(12-18(17)20(22)24-19)23-15-8-6-14(7-9-15)13-4-2-1-3-5-13;;/h1-31H;1-19H,25H2;1-12H;2*1H/q2*+1;;;. The largest absolute Gasteiger partial charge is 0.457 e. The number of carbonyl (C=O) groups is 4. The predicted molar refractivity (Wildman–Crippen MR) is 435 cm³/mol. The molecule has 2 N–H and O–H groups in total. The molecule has 0 saturated carbocycles. The molecule has 0 unspecified atom stereocenters. The van der Waals surface area contributed by atoms with Gasteiger partial charge >= 0.3 is 11.9 Å². The van der Waals surface area contributed by atoms with Gasteiger partial charge in [0.1, 0.15) is 80.0 Å². The first-order valence-electron chi connectivity index (χ1n) is 32.3. The molecule has 2 aliphatic rings. The lowest BCUT2D eigenvalue weighted by atomic mass is 10.1. The minimum Gasteiger partial charge on any atom is -0.457 e. The summed E-state index contributed by atoms with van der Waals surface area (Å²) in [4.78, 5) is 52.2. The van der Waals surface area contributed by atoms with E-state index in [9.17, 15) is 19.2 Å². The van der Waals surface area contributed by atoms with Gasteiger partial charge in [-0.1, -0.05) is 206 Å². The van der Waals surface area contributed by atoms with Gasteiger partial charge < -0.3 is 19.9 Å². The quantitative estimate of drug-likeness (QED) is 0.0269. The molecule has 2 aliphatic heterocycles. The molecule has 0 fully saturated rings. The van der Waals surface area contributed by atoms with Crippen LogP contribution in [0.3, 0.4) is 0 Å². The molecule has 0 atom stereocenters. The number of rotatable bonds is 15. The molecule has 16 rings (SSSR count). The third-order valence-electron chi connectivity index (χ3n) is 17.5. The summed E-state index contributed by atoms with van der Waals surface area (Å²) in [5, 5.41) is 9.89. The maximum Gasteiger partial charge on any atom is 0.347 e. The Morgan fingerprint density at radius 3 is 0.941 bits per heavy atom. The zero-order chi connectivity index (χ0) is 67.6. The number of esters is 2. The van der Waals surface area contributed by atoms with Crippen LogP contribution in [0, 0.1) is 0 Å². The second kappa shape index (κ2) is 31.9. The lowest BCUT2D eigenvalue weighted by molar-refractivity contribution is 0.0443. The second-order valence-corrected chi connectivity index (χ2v) is 30.3. The fourth-order valence-electron chi connectivity index (χ4n) is 12.9. The lowest BCUT2D eigenvalue weighted by Crippen LogP contribution is -2.39. The lowest BCUT2D eigenvalue weighted by Gasteiger charge is -2.28. The molecule has 2 heterocycles. The number of cyclic esters (lactones) is 2. The monoisotopic (exact) mass is 1580 g/mol. The van der Waals surface area contributed by atoms with Crippen molar-refractivity contribution in [1.29, 1.82) is 0 Å². The van der Waals surface area contributed by atoms with Gasteiger partial charge in [0, 0.05) is 17.8 Å². The van der Waals surface area contributed by atoms with Gasteiger partial charge in [-0.2, -0.15) is 0 Å². The molecule has 0 radical (unpaired) electrons. The summed E-state index contributed by atoms with van der Waals surface area (Å²) >= 11 is 0. The third-order valence-corrected chi connectivity index (χ3v) is 26.0. The first kappa shape index (κ1) is 70.0. The van der Waals surface area contributed by atoms with Gasteiger partial charge in [0.05, 0.1) is 27.9 Å². The molecule has 0 bridgehead atoms. The Labute approximate surface area is 622 Å². The zero-order valence-corrected chi connectivity index (χ0v) is 60.8. The number of nitrogen functional groups attached to an aromatic ring is 1. The van der Waals surface area contributed by atoms with Crippen LogP contribution in [0.2, 0.25) is 0 Å². The average Bonchev–Trinajstić information content (AvgIpc) is 1.40. The van der Waals surface area contributed by atoms with Crippen molar-refractivity contribution in [3.63, 3.8) is 0 Å². The van der Waals surface area contributed by atoms with Crippen molar-refractivity contribution in [2.45, 2.75) is 0 Å². The van der Waals surface area contributed by atoms with E-state index in [4.69, 9.17) is 15.2 Å². The van der Waals surface area contributed by atoms with Crippen molar-refractivity contribution in [3.8, 4) is 45.3 Å². The van der Waals surface area contributed by atoms with Crippen LogP contribution in [-0.4, -0.2) is 23.8 Å². The van der Waals surface area contributed by atoms with Gasteiger partial charge in [0.15, 0.2) is 0 Å². The molecule has 9 nitrogen and oxygen atoms in total. The topological polar surface area (TPSA) is 125 Å². The maximum atomic E-state index is 14.0. The molecule has 0 saturated heterocycles. The highest BCUT2D eigenvalue weighted by Gasteiger charge is 2.50. The number of carbonyl (C=O) groups excluding carboxylic acids is 4. The van der Waals surface area contributed by atoms with Gasteiger partial charge in [-0.3, -0.25) is 9.59 Å². The number of ether oxygens (including phenoxy) is 3. The number of imide groups is 1. The van der Waals surface area contributed by atoms with Crippen LogP contribution in [0.15, 0.2) is 376 Å². The number of benzene rings is 14. The molecule has 101 heavy (non-hydrogen) atoms. The van der Waals surface area contributed by atoms with Crippen LogP contribution in [-0.2, 0) is 4.74 Å².